The third-order valence-electron chi connectivity index (χ3n) is 10.5. The Balaban J connectivity index is 4.36. The van der Waals surface area contributed by atoms with Crippen LogP contribution >= 0.6 is 0 Å². The predicted molar refractivity (Wildman–Crippen MR) is 258 cm³/mol. The molecule has 0 aromatic heterocycles. The van der Waals surface area contributed by atoms with E-state index in [4.69, 9.17) is 14.2 Å². The van der Waals surface area contributed by atoms with E-state index in [1.54, 1.807) is 21.1 Å². The minimum Gasteiger partial charge on any atom is -0.544 e. The van der Waals surface area contributed by atoms with Gasteiger partial charge in [-0.3, -0.25) is 9.59 Å². The second kappa shape index (κ2) is 44.1. The Morgan fingerprint density at radius 1 is 0.500 bits per heavy atom. The predicted octanol–water partition coefficient (Wildman–Crippen LogP) is 12.7. The van der Waals surface area contributed by atoms with E-state index in [2.05, 4.69) is 98.9 Å². The van der Waals surface area contributed by atoms with Crippen LogP contribution < -0.4 is 5.11 Å². The number of carbonyl (C=O) groups is 3. The van der Waals surface area contributed by atoms with Gasteiger partial charge in [0.05, 0.1) is 40.3 Å². The van der Waals surface area contributed by atoms with Crippen molar-refractivity contribution in [2.75, 3.05) is 41.0 Å². The van der Waals surface area contributed by atoms with Gasteiger partial charge < -0.3 is 28.6 Å². The van der Waals surface area contributed by atoms with E-state index in [-0.39, 0.29) is 49.1 Å². The first-order valence-electron chi connectivity index (χ1n) is 24.6. The molecule has 0 bridgehead atoms. The van der Waals surface area contributed by atoms with Gasteiger partial charge in [-0.25, -0.2) is 0 Å². The number of allylic oxidation sites excluding steroid dienone is 14. The maximum Gasteiger partial charge on any atom is 0.306 e. The summed E-state index contributed by atoms with van der Waals surface area (Å²) in [6.07, 6.45) is 57.5. The lowest BCUT2D eigenvalue weighted by atomic mass is 10.1. The summed E-state index contributed by atoms with van der Waals surface area (Å²) in [4.78, 5) is 37.0. The van der Waals surface area contributed by atoms with Gasteiger partial charge in [-0.05, 0) is 89.9 Å². The van der Waals surface area contributed by atoms with Crippen molar-refractivity contribution in [2.45, 2.75) is 199 Å². The zero-order valence-electron chi connectivity index (χ0n) is 40.3. The number of carbonyl (C=O) groups excluding carboxylic acids is 3. The molecule has 8 heteroatoms. The molecule has 0 fully saturated rings. The SMILES string of the molecule is CC/C=C/C/C=C/C/C=C/C/C=C/C/C=C/C/C=C/CCCCCCC(=O)OC(COCCC(C(=O)[O-])[N+](C)(C)C)COC(=O)CCCCCCCCC/C=C/CCCCCC. The number of unbranched alkanes of at least 4 members (excludes halogenated alkanes) is 15. The number of quaternary nitrogens is 1. The first-order valence-corrected chi connectivity index (χ1v) is 24.6. The smallest absolute Gasteiger partial charge is 0.306 e. The highest BCUT2D eigenvalue weighted by Crippen LogP contribution is 2.13. The molecule has 354 valence electrons. The van der Waals surface area contributed by atoms with Crippen LogP contribution in [0.2, 0.25) is 0 Å². The fraction of sp³-hybridized carbons (Fsp3) is 0.685. The van der Waals surface area contributed by atoms with Crippen LogP contribution in [0.5, 0.6) is 0 Å². The van der Waals surface area contributed by atoms with E-state index < -0.39 is 18.1 Å². The zero-order valence-corrected chi connectivity index (χ0v) is 40.3. The second-order valence-corrected chi connectivity index (χ2v) is 17.3. The molecule has 8 nitrogen and oxygen atoms in total. The van der Waals surface area contributed by atoms with E-state index in [0.29, 0.717) is 6.42 Å². The van der Waals surface area contributed by atoms with Crippen LogP contribution in [0.4, 0.5) is 0 Å². The van der Waals surface area contributed by atoms with Gasteiger partial charge in [-0.15, -0.1) is 0 Å². The van der Waals surface area contributed by atoms with Crippen LogP contribution in [0.15, 0.2) is 85.1 Å². The molecule has 0 radical (unpaired) electrons. The van der Waals surface area contributed by atoms with E-state index in [9.17, 15) is 19.5 Å². The van der Waals surface area contributed by atoms with E-state index in [1.165, 1.54) is 64.2 Å². The maximum atomic E-state index is 12.8. The highest BCUT2D eigenvalue weighted by Gasteiger charge is 2.25. The Morgan fingerprint density at radius 3 is 1.35 bits per heavy atom. The van der Waals surface area contributed by atoms with Crippen molar-refractivity contribution in [1.29, 1.82) is 0 Å². The molecule has 0 aliphatic rings. The van der Waals surface area contributed by atoms with Crippen LogP contribution in [0.25, 0.3) is 0 Å². The van der Waals surface area contributed by atoms with Gasteiger partial charge in [-0.1, -0.05) is 163 Å². The van der Waals surface area contributed by atoms with Gasteiger partial charge in [0.25, 0.3) is 0 Å². The fourth-order valence-corrected chi connectivity index (χ4v) is 6.71. The standard InChI is InChI=1S/C54H91NO7/c1-6-8-10-12-14-16-18-20-22-23-24-25-26-27-28-29-31-33-35-37-39-41-43-45-53(57)62-50(48-60-47-46-51(54(58)59)55(3,4)5)49-61-52(56)44-42-40-38-36-34-32-30-21-19-17-15-13-11-9-7-2/h8,10,14,16-17,19-20,22,24-25,27-28,31,33,50-51H,6-7,9,11-13,15,18,21,23,26,29-30,32,34-49H2,1-5H3/b10-8+,16-14+,19-17+,22-20+,25-24+,28-27+,33-31+. The van der Waals surface area contributed by atoms with Gasteiger partial charge in [0.15, 0.2) is 6.10 Å². The molecule has 0 aliphatic heterocycles. The summed E-state index contributed by atoms with van der Waals surface area (Å²) >= 11 is 0. The molecule has 0 rings (SSSR count). The van der Waals surface area contributed by atoms with Crippen molar-refractivity contribution in [2.24, 2.45) is 0 Å². The minimum atomic E-state index is -1.13. The highest BCUT2D eigenvalue weighted by atomic mass is 16.6. The molecule has 0 N–H and O–H groups in total. The molecule has 2 atom stereocenters. The van der Waals surface area contributed by atoms with Crippen LogP contribution in [0.3, 0.4) is 0 Å². The van der Waals surface area contributed by atoms with E-state index in [1.807, 2.05) is 0 Å². The number of nitrogens with zero attached hydrogens (tertiary/aromatic N) is 1. The van der Waals surface area contributed by atoms with E-state index in [0.717, 1.165) is 89.9 Å². The molecule has 2 unspecified atom stereocenters. The molecule has 0 saturated heterocycles. The maximum absolute atomic E-state index is 12.8. The van der Waals surface area contributed by atoms with Gasteiger partial charge in [-0.2, -0.15) is 0 Å². The van der Waals surface area contributed by atoms with Gasteiger partial charge >= 0.3 is 11.9 Å². The normalized spacial score (nSPS) is 13.6. The van der Waals surface area contributed by atoms with Gasteiger partial charge in [0.2, 0.25) is 0 Å². The summed E-state index contributed by atoms with van der Waals surface area (Å²) in [5, 5.41) is 11.7. The number of aliphatic carboxylic acids is 1. The molecule has 0 amide bonds. The number of rotatable bonds is 43. The number of esters is 2. The van der Waals surface area contributed by atoms with Crippen LogP contribution in [-0.4, -0.2) is 75.5 Å². The van der Waals surface area contributed by atoms with Crippen molar-refractivity contribution in [3.05, 3.63) is 85.1 Å². The van der Waals surface area contributed by atoms with E-state index >= 15 is 0 Å². The molecule has 0 aromatic rings. The lowest BCUT2D eigenvalue weighted by molar-refractivity contribution is -0.889. The number of carboxylic acids is 1. The lowest BCUT2D eigenvalue weighted by Gasteiger charge is -2.34. The summed E-state index contributed by atoms with van der Waals surface area (Å²) in [6.45, 7) is 4.50. The Morgan fingerprint density at radius 2 is 0.903 bits per heavy atom. The minimum absolute atomic E-state index is 0.0244. The van der Waals surface area contributed by atoms with Crippen molar-refractivity contribution in [3.63, 3.8) is 0 Å². The first-order chi connectivity index (χ1) is 30.1. The molecule has 0 spiro atoms. The summed E-state index contributed by atoms with van der Waals surface area (Å²) < 4.78 is 17.2. The third-order valence-corrected chi connectivity index (χ3v) is 10.5. The molecule has 0 aliphatic carbocycles. The third kappa shape index (κ3) is 41.8. The molecule has 0 aromatic carbocycles. The summed E-state index contributed by atoms with van der Waals surface area (Å²) in [5.41, 5.74) is 0. The lowest BCUT2D eigenvalue weighted by Crippen LogP contribution is -2.55. The average Bonchev–Trinajstić information content (AvgIpc) is 3.23. The summed E-state index contributed by atoms with van der Waals surface area (Å²) in [5.74, 6) is -1.78. The first kappa shape index (κ1) is 58.5. The Bertz CT molecular complexity index is 1290. The molecule has 0 saturated carbocycles. The molecular weight excluding hydrogens is 775 g/mol. The Kier molecular flexibility index (Phi) is 41.6. The zero-order chi connectivity index (χ0) is 45.6. The van der Waals surface area contributed by atoms with Crippen molar-refractivity contribution >= 4 is 17.9 Å². The van der Waals surface area contributed by atoms with Crippen LogP contribution in [0.1, 0.15) is 187 Å². The highest BCUT2D eigenvalue weighted by molar-refractivity contribution is 5.70. The van der Waals surface area contributed by atoms with Gasteiger partial charge in [0, 0.05) is 19.3 Å². The number of likely N-dealkylation sites (N-methyl/N-ethyl adjacent to an activating group) is 1. The quantitative estimate of drug-likeness (QED) is 0.0260. The van der Waals surface area contributed by atoms with Crippen LogP contribution in [-0.2, 0) is 28.6 Å². The van der Waals surface area contributed by atoms with Crippen molar-refractivity contribution in [3.8, 4) is 0 Å². The molecule has 62 heavy (non-hydrogen) atoms. The Hall–Kier alpha value is -3.49. The second-order valence-electron chi connectivity index (χ2n) is 17.3. The fourth-order valence-electron chi connectivity index (χ4n) is 6.71. The van der Waals surface area contributed by atoms with Crippen LogP contribution in [0, 0.1) is 0 Å². The number of carboxylic acid groups (broad SMARTS) is 1. The number of hydrogen-bond donors (Lipinski definition) is 0. The summed E-state index contributed by atoms with van der Waals surface area (Å²) in [7, 11) is 5.39. The number of ether oxygens (including phenoxy) is 3. The van der Waals surface area contributed by atoms with Crippen molar-refractivity contribution < 1.29 is 38.2 Å². The monoisotopic (exact) mass is 866 g/mol. The largest absolute Gasteiger partial charge is 0.544 e. The molecule has 0 heterocycles. The summed E-state index contributed by atoms with van der Waals surface area (Å²) in [6, 6.07) is -0.736. The topological polar surface area (TPSA) is 102 Å². The Labute approximate surface area is 380 Å². The average molecular weight is 866 g/mol. The van der Waals surface area contributed by atoms with Crippen molar-refractivity contribution in [1.82, 2.24) is 0 Å². The van der Waals surface area contributed by atoms with Gasteiger partial charge in [0.1, 0.15) is 12.6 Å². The molecular formula is C54H91NO7. The number of hydrogen-bond acceptors (Lipinski definition) is 7.